The van der Waals surface area contributed by atoms with Gasteiger partial charge in [0, 0.05) is 6.54 Å². The van der Waals surface area contributed by atoms with E-state index in [1.807, 2.05) is 25.1 Å². The highest BCUT2D eigenvalue weighted by molar-refractivity contribution is 5.92. The van der Waals surface area contributed by atoms with Crippen molar-refractivity contribution in [1.82, 2.24) is 5.32 Å². The first-order valence-electron chi connectivity index (χ1n) is 8.77. The third-order valence-electron chi connectivity index (χ3n) is 4.17. The van der Waals surface area contributed by atoms with Crippen molar-refractivity contribution in [3.05, 3.63) is 59.2 Å². The Hall–Kier alpha value is -3.02. The van der Waals surface area contributed by atoms with Gasteiger partial charge in [0.25, 0.3) is 5.91 Å². The molecule has 0 aromatic heterocycles. The number of aryl methyl sites for hydroxylation is 1. The van der Waals surface area contributed by atoms with Crippen LogP contribution in [0.2, 0.25) is 0 Å². The molecule has 2 aromatic carbocycles. The molecule has 0 aliphatic rings. The van der Waals surface area contributed by atoms with Crippen molar-refractivity contribution in [2.45, 2.75) is 32.9 Å². The molecule has 1 N–H and O–H groups in total. The van der Waals surface area contributed by atoms with Gasteiger partial charge in [0.15, 0.2) is 17.6 Å². The normalized spacial score (nSPS) is 11.4. The summed E-state index contributed by atoms with van der Waals surface area (Å²) in [5, 5.41) is 2.75. The fourth-order valence-electron chi connectivity index (χ4n) is 2.48. The minimum absolute atomic E-state index is 0.284. The maximum absolute atomic E-state index is 12.2. The van der Waals surface area contributed by atoms with Crippen molar-refractivity contribution in [2.75, 3.05) is 14.2 Å². The van der Waals surface area contributed by atoms with Crippen LogP contribution in [-0.2, 0) is 22.5 Å². The molecule has 27 heavy (non-hydrogen) atoms. The average Bonchev–Trinajstić information content (AvgIpc) is 2.71. The van der Waals surface area contributed by atoms with E-state index < -0.39 is 12.1 Å². The van der Waals surface area contributed by atoms with Crippen LogP contribution in [-0.4, -0.2) is 32.2 Å². The van der Waals surface area contributed by atoms with Crippen LogP contribution in [0.1, 0.15) is 35.3 Å². The van der Waals surface area contributed by atoms with Crippen molar-refractivity contribution in [3.8, 4) is 11.5 Å². The Morgan fingerprint density at radius 2 is 1.59 bits per heavy atom. The zero-order valence-electron chi connectivity index (χ0n) is 16.1. The number of carbonyl (C=O) groups excluding carboxylic acids is 2. The lowest BCUT2D eigenvalue weighted by atomic mass is 10.1. The quantitative estimate of drug-likeness (QED) is 0.722. The van der Waals surface area contributed by atoms with Gasteiger partial charge in [-0.2, -0.15) is 0 Å². The summed E-state index contributed by atoms with van der Waals surface area (Å²) in [4.78, 5) is 24.4. The molecular weight excluding hydrogens is 346 g/mol. The van der Waals surface area contributed by atoms with Crippen LogP contribution in [0.25, 0.3) is 0 Å². The van der Waals surface area contributed by atoms with Crippen LogP contribution < -0.4 is 14.8 Å². The van der Waals surface area contributed by atoms with E-state index in [4.69, 9.17) is 14.2 Å². The summed E-state index contributed by atoms with van der Waals surface area (Å²) in [5.41, 5.74) is 2.40. The Kier molecular flexibility index (Phi) is 7.23. The van der Waals surface area contributed by atoms with Gasteiger partial charge in [-0.3, -0.25) is 4.79 Å². The number of esters is 1. The molecule has 6 heteroatoms. The van der Waals surface area contributed by atoms with Crippen molar-refractivity contribution in [1.29, 1.82) is 0 Å². The van der Waals surface area contributed by atoms with Gasteiger partial charge in [0.1, 0.15) is 0 Å². The molecule has 1 amide bonds. The highest BCUT2D eigenvalue weighted by atomic mass is 16.5. The van der Waals surface area contributed by atoms with Gasteiger partial charge in [-0.05, 0) is 48.7 Å². The molecule has 0 saturated heterocycles. The van der Waals surface area contributed by atoms with E-state index >= 15 is 0 Å². The zero-order valence-corrected chi connectivity index (χ0v) is 16.1. The van der Waals surface area contributed by atoms with Gasteiger partial charge >= 0.3 is 5.97 Å². The van der Waals surface area contributed by atoms with E-state index in [0.29, 0.717) is 17.1 Å². The third-order valence-corrected chi connectivity index (χ3v) is 4.17. The van der Waals surface area contributed by atoms with Crippen LogP contribution in [0.5, 0.6) is 11.5 Å². The summed E-state index contributed by atoms with van der Waals surface area (Å²) >= 11 is 0. The van der Waals surface area contributed by atoms with Crippen LogP contribution in [0, 0.1) is 0 Å². The Labute approximate surface area is 159 Å². The zero-order chi connectivity index (χ0) is 19.8. The first-order valence-corrected chi connectivity index (χ1v) is 8.77. The number of hydrogen-bond donors (Lipinski definition) is 1. The summed E-state index contributed by atoms with van der Waals surface area (Å²) < 4.78 is 15.7. The summed E-state index contributed by atoms with van der Waals surface area (Å²) in [5.74, 6) is 0.304. The number of ether oxygens (including phenoxy) is 3. The highest BCUT2D eigenvalue weighted by Gasteiger charge is 2.19. The molecule has 0 spiro atoms. The largest absolute Gasteiger partial charge is 0.493 e. The number of benzene rings is 2. The van der Waals surface area contributed by atoms with E-state index in [2.05, 4.69) is 5.32 Å². The highest BCUT2D eigenvalue weighted by Crippen LogP contribution is 2.27. The molecule has 0 fully saturated rings. The van der Waals surface area contributed by atoms with E-state index in [-0.39, 0.29) is 12.5 Å². The van der Waals surface area contributed by atoms with E-state index in [9.17, 15) is 9.59 Å². The Bertz CT molecular complexity index is 786. The first kappa shape index (κ1) is 20.3. The predicted octanol–water partition coefficient (Wildman–Crippen LogP) is 3.13. The predicted molar refractivity (Wildman–Crippen MR) is 102 cm³/mol. The number of methoxy groups -OCH3 is 2. The average molecular weight is 371 g/mol. The molecule has 0 bridgehead atoms. The molecular formula is C21H25NO5. The summed E-state index contributed by atoms with van der Waals surface area (Å²) in [6.07, 6.45) is -0.00640. The SMILES string of the molecule is CCc1ccc(C(=O)OC(C)C(=O)NCc2ccc(OC)c(OC)c2)cc1. The number of rotatable bonds is 8. The van der Waals surface area contributed by atoms with Crippen molar-refractivity contribution < 1.29 is 23.8 Å². The Morgan fingerprint density at radius 1 is 0.963 bits per heavy atom. The van der Waals surface area contributed by atoms with Crippen molar-refractivity contribution >= 4 is 11.9 Å². The van der Waals surface area contributed by atoms with Crippen molar-refractivity contribution in [2.24, 2.45) is 0 Å². The van der Waals surface area contributed by atoms with Gasteiger partial charge in [-0.1, -0.05) is 25.1 Å². The van der Waals surface area contributed by atoms with Gasteiger partial charge in [0.2, 0.25) is 0 Å². The monoisotopic (exact) mass is 371 g/mol. The minimum Gasteiger partial charge on any atom is -0.493 e. The smallest absolute Gasteiger partial charge is 0.338 e. The standard InChI is InChI=1S/C21H25NO5/c1-5-15-6-9-17(10-7-15)21(24)27-14(2)20(23)22-13-16-8-11-18(25-3)19(12-16)26-4/h6-12,14H,5,13H2,1-4H3,(H,22,23). The molecule has 0 saturated carbocycles. The van der Waals surface area contributed by atoms with Crippen LogP contribution in [0.3, 0.4) is 0 Å². The number of amides is 1. The molecule has 6 nitrogen and oxygen atoms in total. The van der Waals surface area contributed by atoms with Gasteiger partial charge in [-0.15, -0.1) is 0 Å². The molecule has 0 aliphatic heterocycles. The topological polar surface area (TPSA) is 73.9 Å². The second kappa shape index (κ2) is 9.62. The molecule has 0 aliphatic carbocycles. The van der Waals surface area contributed by atoms with Gasteiger partial charge in [-0.25, -0.2) is 4.79 Å². The van der Waals surface area contributed by atoms with E-state index in [1.54, 1.807) is 45.4 Å². The second-order valence-electron chi connectivity index (χ2n) is 6.01. The Morgan fingerprint density at radius 3 is 2.19 bits per heavy atom. The third kappa shape index (κ3) is 5.48. The maximum Gasteiger partial charge on any atom is 0.338 e. The molecule has 1 unspecified atom stereocenters. The van der Waals surface area contributed by atoms with Gasteiger partial charge < -0.3 is 19.5 Å². The summed E-state index contributed by atoms with van der Waals surface area (Å²) in [7, 11) is 3.11. The lowest BCUT2D eigenvalue weighted by Crippen LogP contribution is -2.35. The number of hydrogen-bond acceptors (Lipinski definition) is 5. The second-order valence-corrected chi connectivity index (χ2v) is 6.01. The van der Waals surface area contributed by atoms with Crippen LogP contribution in [0.15, 0.2) is 42.5 Å². The molecule has 0 heterocycles. The van der Waals surface area contributed by atoms with Gasteiger partial charge in [0.05, 0.1) is 19.8 Å². The fraction of sp³-hybridized carbons (Fsp3) is 0.333. The molecule has 0 radical (unpaired) electrons. The summed E-state index contributed by atoms with van der Waals surface area (Å²) in [6, 6.07) is 12.5. The van der Waals surface area contributed by atoms with Crippen LogP contribution >= 0.6 is 0 Å². The van der Waals surface area contributed by atoms with Crippen molar-refractivity contribution in [3.63, 3.8) is 0 Å². The maximum atomic E-state index is 12.2. The Balaban J connectivity index is 1.90. The number of carbonyl (C=O) groups is 2. The van der Waals surface area contributed by atoms with Crippen LogP contribution in [0.4, 0.5) is 0 Å². The molecule has 1 atom stereocenters. The minimum atomic E-state index is -0.900. The number of nitrogens with one attached hydrogen (secondary N) is 1. The molecule has 2 aromatic rings. The lowest BCUT2D eigenvalue weighted by molar-refractivity contribution is -0.129. The summed E-state index contributed by atoms with van der Waals surface area (Å²) in [6.45, 7) is 3.87. The fourth-order valence-corrected chi connectivity index (χ4v) is 2.48. The molecule has 144 valence electrons. The van der Waals surface area contributed by atoms with E-state index in [1.165, 1.54) is 0 Å². The first-order chi connectivity index (χ1) is 13.0. The van der Waals surface area contributed by atoms with E-state index in [0.717, 1.165) is 17.5 Å². The lowest BCUT2D eigenvalue weighted by Gasteiger charge is -2.14. The molecule has 2 rings (SSSR count).